The van der Waals surface area contributed by atoms with Crippen molar-refractivity contribution in [2.24, 2.45) is 0 Å². The molecule has 0 fully saturated rings. The van der Waals surface area contributed by atoms with Crippen LogP contribution in [0, 0.1) is 0 Å². The first-order valence-electron chi connectivity index (χ1n) is 22.6. The van der Waals surface area contributed by atoms with Crippen molar-refractivity contribution in [1.29, 1.82) is 0 Å². The van der Waals surface area contributed by atoms with E-state index in [0.29, 0.717) is 0 Å². The van der Waals surface area contributed by atoms with E-state index in [0.717, 1.165) is 56.4 Å². The first-order valence-corrected chi connectivity index (χ1v) is 22.6. The van der Waals surface area contributed by atoms with Crippen LogP contribution in [0.3, 0.4) is 0 Å². The summed E-state index contributed by atoms with van der Waals surface area (Å²) in [6.45, 7) is 0. The highest BCUT2D eigenvalue weighted by atomic mass is 15.1. The molecule has 0 radical (unpaired) electrons. The molecular weight excluding hydrogens is 797 g/mol. The van der Waals surface area contributed by atoms with Gasteiger partial charge < -0.3 is 9.80 Å². The standard InChI is InChI=1S/C64H46N2/c1-3-17-56(18-4-1)65(58-36-26-47(27-37-58)23-24-49-25-31-50-13-7-8-14-53(50)45-49)60-40-32-51(33-41-60)52-34-42-61(43-35-52)66(57-19-5-2-6-20-57)59-38-28-48(29-39-59)30-44-64-62-21-11-9-15-54(62)46-55-16-10-12-22-63(55)64/h1-46H. The van der Waals surface area contributed by atoms with E-state index in [1.54, 1.807) is 0 Å². The number of fused-ring (bicyclic) bond motifs is 3. The summed E-state index contributed by atoms with van der Waals surface area (Å²) >= 11 is 0. The van der Waals surface area contributed by atoms with Gasteiger partial charge in [0.05, 0.1) is 0 Å². The predicted octanol–water partition coefficient (Wildman–Crippen LogP) is 18.1. The Kier molecular flexibility index (Phi) is 11.0. The summed E-state index contributed by atoms with van der Waals surface area (Å²) in [4.78, 5) is 4.63. The molecule has 0 saturated carbocycles. The molecule has 0 aliphatic heterocycles. The van der Waals surface area contributed by atoms with Crippen LogP contribution < -0.4 is 9.80 Å². The molecule has 11 aromatic rings. The van der Waals surface area contributed by atoms with Gasteiger partial charge in [-0.1, -0.05) is 194 Å². The van der Waals surface area contributed by atoms with Crippen molar-refractivity contribution < 1.29 is 0 Å². The molecule has 11 aromatic carbocycles. The van der Waals surface area contributed by atoms with Crippen LogP contribution in [0.15, 0.2) is 255 Å². The molecule has 2 heteroatoms. The van der Waals surface area contributed by atoms with Gasteiger partial charge in [0.2, 0.25) is 0 Å². The molecule has 0 amide bonds. The van der Waals surface area contributed by atoms with Gasteiger partial charge in [0.25, 0.3) is 0 Å². The van der Waals surface area contributed by atoms with Crippen molar-refractivity contribution in [1.82, 2.24) is 0 Å². The SMILES string of the molecule is C(=Cc1ccc2ccccc2c1)c1ccc(N(c2ccccc2)c2ccc(-c3ccc(N(c4ccccc4)c4ccc(C=Cc5c6ccccc6cc6ccccc56)cc4)cc3)cc2)cc1. The molecule has 0 atom stereocenters. The second kappa shape index (κ2) is 18.2. The van der Waals surface area contributed by atoms with E-state index in [-0.39, 0.29) is 0 Å². The Morgan fingerprint density at radius 1 is 0.227 bits per heavy atom. The van der Waals surface area contributed by atoms with Crippen molar-refractivity contribution in [2.75, 3.05) is 9.80 Å². The summed E-state index contributed by atoms with van der Waals surface area (Å²) in [5, 5.41) is 7.53. The predicted molar refractivity (Wildman–Crippen MR) is 285 cm³/mol. The maximum atomic E-state index is 2.32. The molecular formula is C64H46N2. The van der Waals surface area contributed by atoms with E-state index in [9.17, 15) is 0 Å². The lowest BCUT2D eigenvalue weighted by Crippen LogP contribution is -2.10. The third-order valence-corrected chi connectivity index (χ3v) is 12.4. The Labute approximate surface area is 386 Å². The summed E-state index contributed by atoms with van der Waals surface area (Å²) in [5.41, 5.74) is 13.7. The Balaban J connectivity index is 0.837. The third-order valence-electron chi connectivity index (χ3n) is 12.4. The minimum atomic E-state index is 1.10. The number of para-hydroxylation sites is 2. The summed E-state index contributed by atoms with van der Waals surface area (Å²) in [6.07, 6.45) is 8.87. The van der Waals surface area contributed by atoms with Crippen molar-refractivity contribution in [3.8, 4) is 11.1 Å². The minimum absolute atomic E-state index is 1.10. The highest BCUT2D eigenvalue weighted by Gasteiger charge is 2.15. The normalized spacial score (nSPS) is 11.5. The molecule has 66 heavy (non-hydrogen) atoms. The maximum absolute atomic E-state index is 2.32. The van der Waals surface area contributed by atoms with Crippen LogP contribution in [0.2, 0.25) is 0 Å². The zero-order valence-electron chi connectivity index (χ0n) is 36.5. The van der Waals surface area contributed by atoms with E-state index >= 15 is 0 Å². The van der Waals surface area contributed by atoms with Gasteiger partial charge >= 0.3 is 0 Å². The van der Waals surface area contributed by atoms with Gasteiger partial charge in [-0.3, -0.25) is 0 Å². The molecule has 0 aliphatic rings. The topological polar surface area (TPSA) is 6.48 Å². The van der Waals surface area contributed by atoms with Crippen molar-refractivity contribution >= 4 is 90.7 Å². The summed E-state index contributed by atoms with van der Waals surface area (Å²) in [7, 11) is 0. The van der Waals surface area contributed by atoms with Crippen molar-refractivity contribution in [3.05, 3.63) is 277 Å². The molecule has 2 nitrogen and oxygen atoms in total. The highest BCUT2D eigenvalue weighted by Crippen LogP contribution is 2.39. The van der Waals surface area contributed by atoms with Gasteiger partial charge in [-0.2, -0.15) is 0 Å². The smallest absolute Gasteiger partial charge is 0.0462 e. The van der Waals surface area contributed by atoms with Crippen molar-refractivity contribution in [3.63, 3.8) is 0 Å². The van der Waals surface area contributed by atoms with Crippen LogP contribution in [0.1, 0.15) is 22.3 Å². The van der Waals surface area contributed by atoms with Crippen LogP contribution in [0.25, 0.3) is 67.7 Å². The largest absolute Gasteiger partial charge is 0.311 e. The van der Waals surface area contributed by atoms with Gasteiger partial charge in [-0.05, 0) is 151 Å². The van der Waals surface area contributed by atoms with E-state index in [4.69, 9.17) is 0 Å². The summed E-state index contributed by atoms with van der Waals surface area (Å²) in [5.74, 6) is 0. The third kappa shape index (κ3) is 8.40. The van der Waals surface area contributed by atoms with Gasteiger partial charge in [0, 0.05) is 34.1 Å². The summed E-state index contributed by atoms with van der Waals surface area (Å²) in [6, 6.07) is 91.3. The molecule has 0 aliphatic carbocycles. The van der Waals surface area contributed by atoms with Crippen LogP contribution in [-0.2, 0) is 0 Å². The van der Waals surface area contributed by atoms with E-state index in [1.807, 2.05) is 0 Å². The molecule has 11 rings (SSSR count). The van der Waals surface area contributed by atoms with Crippen molar-refractivity contribution in [2.45, 2.75) is 0 Å². The first kappa shape index (κ1) is 40.1. The van der Waals surface area contributed by atoms with Crippen LogP contribution in [0.4, 0.5) is 34.1 Å². The second-order valence-corrected chi connectivity index (χ2v) is 16.6. The first-order chi connectivity index (χ1) is 32.7. The molecule has 0 N–H and O–H groups in total. The van der Waals surface area contributed by atoms with E-state index in [2.05, 4.69) is 289 Å². The second-order valence-electron chi connectivity index (χ2n) is 16.6. The Bertz CT molecular complexity index is 3430. The Morgan fingerprint density at radius 2 is 0.576 bits per heavy atom. The lowest BCUT2D eigenvalue weighted by atomic mass is 9.96. The molecule has 0 aromatic heterocycles. The minimum Gasteiger partial charge on any atom is -0.311 e. The number of rotatable bonds is 11. The molecule has 312 valence electrons. The molecule has 0 saturated heterocycles. The van der Waals surface area contributed by atoms with Gasteiger partial charge in [-0.25, -0.2) is 0 Å². The molecule has 0 unspecified atom stereocenters. The lowest BCUT2D eigenvalue weighted by molar-refractivity contribution is 1.28. The zero-order chi connectivity index (χ0) is 44.1. The molecule has 0 heterocycles. The van der Waals surface area contributed by atoms with E-state index in [1.165, 1.54) is 43.4 Å². The van der Waals surface area contributed by atoms with E-state index < -0.39 is 0 Å². The fourth-order valence-corrected chi connectivity index (χ4v) is 9.04. The summed E-state index contributed by atoms with van der Waals surface area (Å²) < 4.78 is 0. The number of anilines is 6. The van der Waals surface area contributed by atoms with Crippen LogP contribution in [0.5, 0.6) is 0 Å². The average molecular weight is 843 g/mol. The highest BCUT2D eigenvalue weighted by molar-refractivity contribution is 6.08. The van der Waals surface area contributed by atoms with Crippen LogP contribution in [-0.4, -0.2) is 0 Å². The van der Waals surface area contributed by atoms with Crippen LogP contribution >= 0.6 is 0 Å². The number of hydrogen-bond acceptors (Lipinski definition) is 2. The number of nitrogens with zero attached hydrogens (tertiary/aromatic N) is 2. The maximum Gasteiger partial charge on any atom is 0.0462 e. The quantitative estimate of drug-likeness (QED) is 0.0945. The monoisotopic (exact) mass is 842 g/mol. The van der Waals surface area contributed by atoms with Gasteiger partial charge in [0.15, 0.2) is 0 Å². The Morgan fingerprint density at radius 3 is 1.06 bits per heavy atom. The number of hydrogen-bond donors (Lipinski definition) is 0. The molecule has 0 bridgehead atoms. The average Bonchev–Trinajstić information content (AvgIpc) is 3.39. The van der Waals surface area contributed by atoms with Gasteiger partial charge in [-0.15, -0.1) is 0 Å². The van der Waals surface area contributed by atoms with Gasteiger partial charge in [0.1, 0.15) is 0 Å². The fraction of sp³-hybridized carbons (Fsp3) is 0. The fourth-order valence-electron chi connectivity index (χ4n) is 9.04. The molecule has 0 spiro atoms. The number of benzene rings is 11. The lowest BCUT2D eigenvalue weighted by Gasteiger charge is -2.26. The Hall–Kier alpha value is -8.72. The zero-order valence-corrected chi connectivity index (χ0v) is 36.5.